The molecule has 2 aromatic carbocycles. The third kappa shape index (κ3) is 3.31. The van der Waals surface area contributed by atoms with E-state index in [1.165, 1.54) is 17.0 Å². The molecule has 2 heterocycles. The molecule has 2 aliphatic rings. The Labute approximate surface area is 163 Å². The van der Waals surface area contributed by atoms with Crippen molar-refractivity contribution in [2.75, 3.05) is 26.2 Å². The maximum Gasteiger partial charge on any atom is 0.256 e. The van der Waals surface area contributed by atoms with E-state index in [9.17, 15) is 18.7 Å². The Bertz CT molecular complexity index is 855. The van der Waals surface area contributed by atoms with E-state index in [0.29, 0.717) is 6.42 Å². The highest BCUT2D eigenvalue weighted by molar-refractivity contribution is 5.94. The van der Waals surface area contributed by atoms with Crippen LogP contribution in [0.2, 0.25) is 0 Å². The van der Waals surface area contributed by atoms with Crippen molar-refractivity contribution in [1.29, 1.82) is 0 Å². The predicted octanol–water partition coefficient (Wildman–Crippen LogP) is 3.16. The molecule has 2 aliphatic heterocycles. The Balaban J connectivity index is 1.64. The Kier molecular flexibility index (Phi) is 5.17. The fraction of sp³-hybridized carbons (Fsp3) is 0.409. The number of benzene rings is 2. The fourth-order valence-electron chi connectivity index (χ4n) is 4.48. The van der Waals surface area contributed by atoms with E-state index >= 15 is 0 Å². The van der Waals surface area contributed by atoms with Gasteiger partial charge in [0.2, 0.25) is 0 Å². The van der Waals surface area contributed by atoms with Gasteiger partial charge in [0.05, 0.1) is 11.6 Å². The van der Waals surface area contributed by atoms with Crippen LogP contribution in [0.1, 0.15) is 35.2 Å². The van der Waals surface area contributed by atoms with Gasteiger partial charge in [-0.05, 0) is 50.0 Å². The summed E-state index contributed by atoms with van der Waals surface area (Å²) in [5, 5.41) is 11.6. The van der Waals surface area contributed by atoms with Crippen LogP contribution in [0.3, 0.4) is 0 Å². The van der Waals surface area contributed by atoms with Crippen molar-refractivity contribution in [3.8, 4) is 0 Å². The van der Waals surface area contributed by atoms with Gasteiger partial charge in [-0.25, -0.2) is 8.78 Å². The molecule has 28 heavy (non-hydrogen) atoms. The van der Waals surface area contributed by atoms with E-state index in [4.69, 9.17) is 0 Å². The summed E-state index contributed by atoms with van der Waals surface area (Å²) in [7, 11) is 0. The summed E-state index contributed by atoms with van der Waals surface area (Å²) in [6.07, 6.45) is 2.45. The largest absolute Gasteiger partial charge is 0.383 e. The SMILES string of the molecule is O=C(c1cccc(F)c1F)N1CC[C@](O)(c2ccccc2)[C@H](N2CCCC2)C1. The van der Waals surface area contributed by atoms with Gasteiger partial charge in [-0.1, -0.05) is 36.4 Å². The highest BCUT2D eigenvalue weighted by atomic mass is 19.2. The van der Waals surface area contributed by atoms with Crippen LogP contribution < -0.4 is 0 Å². The standard InChI is InChI=1S/C22H24F2N2O2/c23-18-10-6-9-17(20(18)24)21(27)26-14-11-22(28,16-7-2-1-3-8-16)19(15-26)25-12-4-5-13-25/h1-3,6-10,19,28H,4-5,11-15H2/t19-,22+/m1/s1. The molecule has 0 unspecified atom stereocenters. The quantitative estimate of drug-likeness (QED) is 0.881. The van der Waals surface area contributed by atoms with Gasteiger partial charge in [-0.15, -0.1) is 0 Å². The van der Waals surface area contributed by atoms with Gasteiger partial charge in [0, 0.05) is 13.1 Å². The minimum Gasteiger partial charge on any atom is -0.383 e. The summed E-state index contributed by atoms with van der Waals surface area (Å²) < 4.78 is 27.7. The highest BCUT2D eigenvalue weighted by Crippen LogP contribution is 2.37. The highest BCUT2D eigenvalue weighted by Gasteiger charge is 2.47. The number of hydrogen-bond acceptors (Lipinski definition) is 3. The van der Waals surface area contributed by atoms with E-state index in [1.807, 2.05) is 30.3 Å². The first kappa shape index (κ1) is 19.0. The summed E-state index contributed by atoms with van der Waals surface area (Å²) >= 11 is 0. The molecular formula is C22H24F2N2O2. The van der Waals surface area contributed by atoms with Gasteiger partial charge in [-0.2, -0.15) is 0 Å². The molecule has 0 spiro atoms. The number of piperidine rings is 1. The second kappa shape index (κ2) is 7.60. The van der Waals surface area contributed by atoms with E-state index in [0.717, 1.165) is 37.6 Å². The van der Waals surface area contributed by atoms with Gasteiger partial charge in [0.25, 0.3) is 5.91 Å². The third-order valence-corrected chi connectivity index (χ3v) is 6.03. The third-order valence-electron chi connectivity index (χ3n) is 6.03. The molecule has 0 aliphatic carbocycles. The first-order chi connectivity index (χ1) is 13.5. The molecule has 0 bridgehead atoms. The van der Waals surface area contributed by atoms with Crippen molar-refractivity contribution in [2.45, 2.75) is 30.9 Å². The zero-order valence-electron chi connectivity index (χ0n) is 15.7. The zero-order valence-corrected chi connectivity index (χ0v) is 15.7. The summed E-state index contributed by atoms with van der Waals surface area (Å²) in [6.45, 7) is 2.27. The van der Waals surface area contributed by atoms with E-state index in [2.05, 4.69) is 4.90 Å². The van der Waals surface area contributed by atoms with E-state index in [1.54, 1.807) is 0 Å². The smallest absolute Gasteiger partial charge is 0.256 e. The van der Waals surface area contributed by atoms with Crippen LogP contribution in [0.25, 0.3) is 0 Å². The first-order valence-electron chi connectivity index (χ1n) is 9.76. The summed E-state index contributed by atoms with van der Waals surface area (Å²) in [5.74, 6) is -2.68. The molecule has 2 aromatic rings. The molecule has 1 amide bonds. The van der Waals surface area contributed by atoms with Crippen LogP contribution in [0.5, 0.6) is 0 Å². The van der Waals surface area contributed by atoms with Crippen molar-refractivity contribution >= 4 is 5.91 Å². The van der Waals surface area contributed by atoms with Gasteiger partial charge in [-0.3, -0.25) is 9.69 Å². The second-order valence-electron chi connectivity index (χ2n) is 7.65. The molecule has 0 radical (unpaired) electrons. The lowest BCUT2D eigenvalue weighted by atomic mass is 9.79. The molecular weight excluding hydrogens is 362 g/mol. The number of rotatable bonds is 3. The number of aliphatic hydroxyl groups is 1. The number of hydrogen-bond donors (Lipinski definition) is 1. The molecule has 0 aromatic heterocycles. The molecule has 4 nitrogen and oxygen atoms in total. The van der Waals surface area contributed by atoms with Crippen molar-refractivity contribution < 1.29 is 18.7 Å². The number of carbonyl (C=O) groups is 1. The van der Waals surface area contributed by atoms with Crippen LogP contribution in [-0.2, 0) is 5.60 Å². The fourth-order valence-corrected chi connectivity index (χ4v) is 4.48. The van der Waals surface area contributed by atoms with E-state index < -0.39 is 23.1 Å². The molecule has 2 fully saturated rings. The minimum atomic E-state index is -1.12. The molecule has 148 valence electrons. The lowest BCUT2D eigenvalue weighted by Crippen LogP contribution is -2.61. The number of halogens is 2. The summed E-state index contributed by atoms with van der Waals surface area (Å²) in [5.41, 5.74) is -0.510. The first-order valence-corrected chi connectivity index (χ1v) is 9.76. The van der Waals surface area contributed by atoms with Crippen molar-refractivity contribution in [1.82, 2.24) is 9.80 Å². The zero-order chi connectivity index (χ0) is 19.7. The Morgan fingerprint density at radius 2 is 1.71 bits per heavy atom. The summed E-state index contributed by atoms with van der Waals surface area (Å²) in [6, 6.07) is 12.9. The second-order valence-corrected chi connectivity index (χ2v) is 7.65. The maximum absolute atomic E-state index is 14.1. The summed E-state index contributed by atoms with van der Waals surface area (Å²) in [4.78, 5) is 16.7. The lowest BCUT2D eigenvalue weighted by Gasteiger charge is -2.48. The predicted molar refractivity (Wildman–Crippen MR) is 102 cm³/mol. The Morgan fingerprint density at radius 1 is 1.00 bits per heavy atom. The average molecular weight is 386 g/mol. The number of nitrogens with zero attached hydrogens (tertiary/aromatic N) is 2. The van der Waals surface area contributed by atoms with E-state index in [-0.39, 0.29) is 24.7 Å². The Morgan fingerprint density at radius 3 is 2.43 bits per heavy atom. The number of amides is 1. The van der Waals surface area contributed by atoms with Gasteiger partial charge in [0.1, 0.15) is 5.60 Å². The average Bonchev–Trinajstić information content (AvgIpc) is 3.25. The van der Waals surface area contributed by atoms with Crippen molar-refractivity contribution in [3.63, 3.8) is 0 Å². The monoisotopic (exact) mass is 386 g/mol. The Hall–Kier alpha value is -2.31. The van der Waals surface area contributed by atoms with Crippen LogP contribution >= 0.6 is 0 Å². The van der Waals surface area contributed by atoms with Crippen molar-refractivity contribution in [3.05, 3.63) is 71.3 Å². The van der Waals surface area contributed by atoms with Gasteiger partial charge >= 0.3 is 0 Å². The number of likely N-dealkylation sites (tertiary alicyclic amines) is 2. The van der Waals surface area contributed by atoms with Crippen molar-refractivity contribution in [2.24, 2.45) is 0 Å². The molecule has 1 N–H and O–H groups in total. The molecule has 2 atom stereocenters. The van der Waals surface area contributed by atoms with Crippen LogP contribution in [0.4, 0.5) is 8.78 Å². The molecule has 0 saturated carbocycles. The normalized spacial score (nSPS) is 25.8. The molecule has 4 rings (SSSR count). The maximum atomic E-state index is 14.1. The van der Waals surface area contributed by atoms with Gasteiger partial charge in [0.15, 0.2) is 11.6 Å². The van der Waals surface area contributed by atoms with Crippen LogP contribution in [-0.4, -0.2) is 53.0 Å². The lowest BCUT2D eigenvalue weighted by molar-refractivity contribution is -0.0878. The van der Waals surface area contributed by atoms with Crippen LogP contribution in [0.15, 0.2) is 48.5 Å². The molecule has 6 heteroatoms. The van der Waals surface area contributed by atoms with Gasteiger partial charge < -0.3 is 10.0 Å². The number of carbonyl (C=O) groups excluding carboxylic acids is 1. The minimum absolute atomic E-state index is 0.259. The molecule has 2 saturated heterocycles. The van der Waals surface area contributed by atoms with Crippen LogP contribution in [0, 0.1) is 11.6 Å². The topological polar surface area (TPSA) is 43.8 Å².